The third-order valence-corrected chi connectivity index (χ3v) is 36.4. The van der Waals surface area contributed by atoms with Gasteiger partial charge in [0, 0.05) is 0 Å². The monoisotopic (exact) mass is 696 g/mol. The molecule has 3 rings (SSSR count). The molecule has 0 amide bonds. The first-order chi connectivity index (χ1) is 11.6. The summed E-state index contributed by atoms with van der Waals surface area (Å²) < 4.78 is 10.6. The van der Waals surface area contributed by atoms with Crippen molar-refractivity contribution in [1.29, 1.82) is 0 Å². The molecule has 0 N–H and O–H groups in total. The fraction of sp³-hybridized carbons (Fsp3) is 0.118. The van der Waals surface area contributed by atoms with E-state index in [4.69, 9.17) is 9.47 Å². The van der Waals surface area contributed by atoms with Crippen molar-refractivity contribution in [2.75, 3.05) is 14.2 Å². The summed E-state index contributed by atoms with van der Waals surface area (Å²) in [5.41, 5.74) is 2.58. The number of allylic oxidation sites excluding steroid dienone is 1. The SMILES string of the molecule is COc1ccc(C2=CC(c3ccc(OC)cc3)=S(I(I)I)S2)cc1. The first-order valence-electron chi connectivity index (χ1n) is 6.96. The van der Waals surface area contributed by atoms with Gasteiger partial charge in [0.1, 0.15) is 0 Å². The Bertz CT molecular complexity index is 784. The fourth-order valence-corrected chi connectivity index (χ4v) is 26.0. The molecule has 0 bridgehead atoms. The minimum atomic E-state index is -1.04. The molecule has 0 aromatic heterocycles. The van der Waals surface area contributed by atoms with Gasteiger partial charge in [0.25, 0.3) is 0 Å². The Morgan fingerprint density at radius 2 is 1.33 bits per heavy atom. The van der Waals surface area contributed by atoms with Gasteiger partial charge in [-0.15, -0.1) is 0 Å². The quantitative estimate of drug-likeness (QED) is 0.186. The first-order valence-corrected chi connectivity index (χ1v) is 24.6. The van der Waals surface area contributed by atoms with E-state index in [9.17, 15) is 0 Å². The van der Waals surface area contributed by atoms with Gasteiger partial charge in [0.2, 0.25) is 0 Å². The van der Waals surface area contributed by atoms with Crippen molar-refractivity contribution in [2.45, 2.75) is 0 Å². The van der Waals surface area contributed by atoms with Crippen LogP contribution in [-0.2, 0) is 0 Å². The summed E-state index contributed by atoms with van der Waals surface area (Å²) in [4.78, 5) is 2.84. The van der Waals surface area contributed by atoms with E-state index in [1.54, 1.807) is 14.2 Å². The molecule has 0 saturated heterocycles. The molecule has 2 aromatic rings. The Morgan fingerprint density at radius 1 is 0.833 bits per heavy atom. The number of hydrogen-bond acceptors (Lipinski definition) is 3. The molecule has 0 fully saturated rings. The van der Waals surface area contributed by atoms with Gasteiger partial charge >= 0.3 is 176 Å². The van der Waals surface area contributed by atoms with Crippen LogP contribution in [0.25, 0.3) is 4.91 Å². The second kappa shape index (κ2) is 8.96. The third-order valence-electron chi connectivity index (χ3n) is 3.45. The van der Waals surface area contributed by atoms with E-state index in [1.165, 1.54) is 20.9 Å². The van der Waals surface area contributed by atoms with Gasteiger partial charge in [-0.1, -0.05) is 0 Å². The summed E-state index contributed by atoms with van der Waals surface area (Å²) in [6.07, 6.45) is 2.37. The molecule has 1 aliphatic rings. The Kier molecular flexibility index (Phi) is 7.21. The predicted octanol–water partition coefficient (Wildman–Crippen LogP) is 7.32. The van der Waals surface area contributed by atoms with E-state index in [1.807, 2.05) is 35.1 Å². The summed E-state index contributed by atoms with van der Waals surface area (Å²) >= 11 is 5.35. The molecule has 2 aromatic carbocycles. The summed E-state index contributed by atoms with van der Waals surface area (Å²) in [6.45, 7) is 0.285. The molecule has 24 heavy (non-hydrogen) atoms. The standard InChI is InChI=1S/C17H15I3O2S2/c1-21-14-7-3-12(4-8-14)16-11-17(24(23-16)20(18)19)13-5-9-15(22-2)10-6-13/h3-11H,1-2H3. The van der Waals surface area contributed by atoms with Crippen LogP contribution in [0.15, 0.2) is 54.6 Å². The summed E-state index contributed by atoms with van der Waals surface area (Å²) in [5, 5.41) is 0. The number of ether oxygens (including phenoxy) is 2. The van der Waals surface area contributed by atoms with E-state index in [2.05, 4.69) is 67.6 Å². The van der Waals surface area contributed by atoms with Gasteiger partial charge in [-0.25, -0.2) is 0 Å². The maximum atomic E-state index is 5.29. The van der Waals surface area contributed by atoms with Crippen LogP contribution in [0.5, 0.6) is 11.5 Å². The maximum absolute atomic E-state index is 5.29. The van der Waals surface area contributed by atoms with Gasteiger partial charge in [-0.3, -0.25) is 0 Å². The zero-order chi connectivity index (χ0) is 17.1. The molecule has 0 spiro atoms. The molecule has 2 nitrogen and oxygen atoms in total. The van der Waals surface area contributed by atoms with E-state index in [0.717, 1.165) is 11.5 Å². The minimum absolute atomic E-state index is 0.285. The van der Waals surface area contributed by atoms with Crippen molar-refractivity contribution >= 4 is 75.0 Å². The molecule has 0 aliphatic carbocycles. The van der Waals surface area contributed by atoms with Crippen molar-refractivity contribution in [1.82, 2.24) is 0 Å². The Morgan fingerprint density at radius 3 is 1.79 bits per heavy atom. The van der Waals surface area contributed by atoms with Crippen LogP contribution in [0, 0.1) is 0 Å². The van der Waals surface area contributed by atoms with Crippen LogP contribution in [0.3, 0.4) is 0 Å². The molecular formula is C17H15I3O2S2. The zero-order valence-corrected chi connectivity index (χ0v) is 21.1. The molecule has 0 saturated carbocycles. The van der Waals surface area contributed by atoms with Crippen LogP contribution in [0.2, 0.25) is 0 Å². The third kappa shape index (κ3) is 4.44. The van der Waals surface area contributed by atoms with Gasteiger partial charge < -0.3 is 0 Å². The second-order valence-electron chi connectivity index (χ2n) is 4.81. The Balaban J connectivity index is 1.95. The second-order valence-corrected chi connectivity index (χ2v) is 44.1. The molecule has 1 atom stereocenters. The zero-order valence-electron chi connectivity index (χ0n) is 13.0. The van der Waals surface area contributed by atoms with E-state index >= 15 is 0 Å². The van der Waals surface area contributed by atoms with Crippen molar-refractivity contribution in [2.24, 2.45) is 0 Å². The normalized spacial score (nSPS) is 17.5. The first kappa shape index (κ1) is 19.3. The van der Waals surface area contributed by atoms with Crippen molar-refractivity contribution in [3.63, 3.8) is 0 Å². The van der Waals surface area contributed by atoms with Crippen molar-refractivity contribution < 1.29 is 9.47 Å². The average Bonchev–Trinajstić information content (AvgIpc) is 3.07. The van der Waals surface area contributed by atoms with Crippen LogP contribution in [0.4, 0.5) is 0 Å². The number of methoxy groups -OCH3 is 2. The number of rotatable bonds is 5. The van der Waals surface area contributed by atoms with Gasteiger partial charge in [-0.2, -0.15) is 0 Å². The molecule has 7 heteroatoms. The molecular weight excluding hydrogens is 681 g/mol. The number of benzene rings is 2. The molecule has 1 heterocycles. The molecule has 1 unspecified atom stereocenters. The summed E-state index contributed by atoms with van der Waals surface area (Å²) in [7, 11) is 4.40. The van der Waals surface area contributed by atoms with Crippen molar-refractivity contribution in [3.05, 3.63) is 65.7 Å². The van der Waals surface area contributed by atoms with Crippen LogP contribution < -0.4 is 9.47 Å². The molecule has 0 radical (unpaired) electrons. The van der Waals surface area contributed by atoms with E-state index in [-0.39, 0.29) is 6.69 Å². The topological polar surface area (TPSA) is 18.5 Å². The summed E-state index contributed by atoms with van der Waals surface area (Å²) in [6, 6.07) is 16.8. The van der Waals surface area contributed by atoms with Crippen molar-refractivity contribution in [3.8, 4) is 11.5 Å². The average molecular weight is 696 g/mol. The predicted molar refractivity (Wildman–Crippen MR) is 135 cm³/mol. The van der Waals surface area contributed by atoms with Crippen LogP contribution in [0.1, 0.15) is 11.1 Å². The van der Waals surface area contributed by atoms with E-state index in [0.29, 0.717) is 0 Å². The number of halogens is 3. The van der Waals surface area contributed by atoms with E-state index < -0.39 is 10.5 Å². The van der Waals surface area contributed by atoms with Crippen LogP contribution in [-0.4, -0.2) is 19.1 Å². The van der Waals surface area contributed by atoms with Gasteiger partial charge in [0.15, 0.2) is 0 Å². The van der Waals surface area contributed by atoms with Crippen LogP contribution >= 0.6 is 65.2 Å². The molecule has 1 aliphatic heterocycles. The van der Waals surface area contributed by atoms with Gasteiger partial charge in [0.05, 0.1) is 0 Å². The molecule has 128 valence electrons. The number of hydrogen-bond donors (Lipinski definition) is 0. The Hall–Kier alpha value is 0.540. The van der Waals surface area contributed by atoms with Gasteiger partial charge in [-0.05, 0) is 0 Å². The Labute approximate surface area is 173 Å². The fourth-order valence-electron chi connectivity index (χ4n) is 2.22. The summed E-state index contributed by atoms with van der Waals surface area (Å²) in [5.74, 6) is 1.81.